The number of para-hydroxylation sites is 1. The van der Waals surface area contributed by atoms with E-state index in [0.717, 1.165) is 25.7 Å². The molecule has 1 saturated carbocycles. The molecule has 2 aromatic rings. The molecule has 3 rings (SSSR count). The van der Waals surface area contributed by atoms with E-state index in [9.17, 15) is 18.8 Å². The summed E-state index contributed by atoms with van der Waals surface area (Å²) < 4.78 is 16.3. The van der Waals surface area contributed by atoms with E-state index in [1.807, 2.05) is 0 Å². The van der Waals surface area contributed by atoms with Crippen LogP contribution in [-0.4, -0.2) is 40.1 Å². The number of benzene rings is 1. The average Bonchev–Trinajstić information content (AvgIpc) is 3.09. The molecule has 1 heterocycles. The lowest BCUT2D eigenvalue weighted by molar-refractivity contribution is -0.128. The third-order valence-electron chi connectivity index (χ3n) is 5.93. The predicted molar refractivity (Wildman–Crippen MR) is 119 cm³/mol. The Balaban J connectivity index is 1.90. The fourth-order valence-corrected chi connectivity index (χ4v) is 4.26. The summed E-state index contributed by atoms with van der Waals surface area (Å²) in [7, 11) is 0. The van der Waals surface area contributed by atoms with Gasteiger partial charge in [0, 0.05) is 11.9 Å². The Morgan fingerprint density at radius 1 is 1.22 bits per heavy atom. The number of fused-ring (bicyclic) bond motifs is 1. The zero-order chi connectivity index (χ0) is 23.5. The summed E-state index contributed by atoms with van der Waals surface area (Å²) in [5.74, 6) is -1.82. The van der Waals surface area contributed by atoms with Crippen LogP contribution < -0.4 is 16.4 Å². The summed E-state index contributed by atoms with van der Waals surface area (Å²) >= 11 is 0. The number of primary amides is 1. The van der Waals surface area contributed by atoms with Gasteiger partial charge in [-0.25, -0.2) is 4.39 Å². The highest BCUT2D eigenvalue weighted by Gasteiger charge is 2.34. The summed E-state index contributed by atoms with van der Waals surface area (Å²) in [6.07, 6.45) is 5.62. The van der Waals surface area contributed by atoms with E-state index in [2.05, 4.69) is 15.7 Å². The Bertz CT molecular complexity index is 1000. The Hall–Kier alpha value is -2.97. The lowest BCUT2D eigenvalue weighted by atomic mass is 9.86. The molecule has 1 aromatic heterocycles. The van der Waals surface area contributed by atoms with Gasteiger partial charge in [0.15, 0.2) is 5.69 Å². The van der Waals surface area contributed by atoms with Crippen LogP contribution in [0.5, 0.6) is 0 Å². The summed E-state index contributed by atoms with van der Waals surface area (Å²) in [6, 6.07) is 3.62. The maximum absolute atomic E-state index is 14.7. The SMILES string of the molecule is CC(C)(C)[C@H](NC(=O)c1nn(CC2CCCCC2)c2c(F)cccc12)C(=O)NCC(N)=O. The molecule has 1 aromatic carbocycles. The molecule has 9 heteroatoms. The number of halogens is 1. The van der Waals surface area contributed by atoms with Gasteiger partial charge in [0.1, 0.15) is 17.4 Å². The lowest BCUT2D eigenvalue weighted by Gasteiger charge is -2.30. The number of rotatable bonds is 7. The minimum Gasteiger partial charge on any atom is -0.368 e. The molecule has 0 saturated heterocycles. The molecule has 1 aliphatic rings. The third kappa shape index (κ3) is 5.44. The van der Waals surface area contributed by atoms with Gasteiger partial charge in [0.25, 0.3) is 5.91 Å². The predicted octanol–water partition coefficient (Wildman–Crippen LogP) is 2.50. The number of nitrogens with one attached hydrogen (secondary N) is 2. The van der Waals surface area contributed by atoms with Crippen molar-refractivity contribution in [2.24, 2.45) is 17.1 Å². The first-order chi connectivity index (χ1) is 15.1. The van der Waals surface area contributed by atoms with Crippen molar-refractivity contribution < 1.29 is 18.8 Å². The van der Waals surface area contributed by atoms with Crippen molar-refractivity contribution in [3.05, 3.63) is 29.7 Å². The highest BCUT2D eigenvalue weighted by Crippen LogP contribution is 2.29. The van der Waals surface area contributed by atoms with E-state index < -0.39 is 35.0 Å². The van der Waals surface area contributed by atoms with E-state index in [1.54, 1.807) is 37.6 Å². The molecule has 0 radical (unpaired) electrons. The van der Waals surface area contributed by atoms with E-state index >= 15 is 0 Å². The van der Waals surface area contributed by atoms with Crippen LogP contribution in [0, 0.1) is 17.2 Å². The van der Waals surface area contributed by atoms with E-state index in [1.165, 1.54) is 12.5 Å². The minimum absolute atomic E-state index is 0.0762. The number of nitrogens with two attached hydrogens (primary N) is 1. The first kappa shape index (κ1) is 23.7. The maximum Gasteiger partial charge on any atom is 0.273 e. The Morgan fingerprint density at radius 3 is 2.53 bits per heavy atom. The molecule has 0 spiro atoms. The molecule has 0 bridgehead atoms. The zero-order valence-electron chi connectivity index (χ0n) is 18.9. The molecule has 3 amide bonds. The van der Waals surface area contributed by atoms with Gasteiger partial charge in [-0.3, -0.25) is 19.1 Å². The maximum atomic E-state index is 14.7. The van der Waals surface area contributed by atoms with Gasteiger partial charge in [0.05, 0.1) is 6.54 Å². The molecule has 0 aliphatic heterocycles. The first-order valence-electron chi connectivity index (χ1n) is 11.1. The zero-order valence-corrected chi connectivity index (χ0v) is 18.9. The van der Waals surface area contributed by atoms with Gasteiger partial charge in [-0.1, -0.05) is 52.2 Å². The Labute approximate surface area is 187 Å². The van der Waals surface area contributed by atoms with E-state index in [4.69, 9.17) is 5.73 Å². The summed E-state index contributed by atoms with van der Waals surface area (Å²) in [6.45, 7) is 5.60. The van der Waals surface area contributed by atoms with Crippen molar-refractivity contribution in [3.63, 3.8) is 0 Å². The minimum atomic E-state index is -0.943. The van der Waals surface area contributed by atoms with Crippen LogP contribution in [0.15, 0.2) is 18.2 Å². The molecule has 1 aliphatic carbocycles. The summed E-state index contributed by atoms with van der Waals surface area (Å²) in [4.78, 5) is 36.9. The van der Waals surface area contributed by atoms with Gasteiger partial charge < -0.3 is 16.4 Å². The fourth-order valence-electron chi connectivity index (χ4n) is 4.26. The van der Waals surface area contributed by atoms with E-state index in [0.29, 0.717) is 23.4 Å². The van der Waals surface area contributed by atoms with Crippen molar-refractivity contribution in [3.8, 4) is 0 Å². The summed E-state index contributed by atoms with van der Waals surface area (Å²) in [5, 5.41) is 10.0. The molecule has 32 heavy (non-hydrogen) atoms. The molecule has 174 valence electrons. The second-order valence-corrected chi connectivity index (χ2v) is 9.63. The second-order valence-electron chi connectivity index (χ2n) is 9.63. The molecule has 0 unspecified atom stereocenters. The second kappa shape index (κ2) is 9.67. The van der Waals surface area contributed by atoms with Gasteiger partial charge in [-0.2, -0.15) is 5.10 Å². The van der Waals surface area contributed by atoms with Gasteiger partial charge in [-0.15, -0.1) is 0 Å². The normalized spacial score (nSPS) is 16.0. The smallest absolute Gasteiger partial charge is 0.273 e. The van der Waals surface area contributed by atoms with Crippen LogP contribution in [0.25, 0.3) is 10.9 Å². The molecule has 8 nitrogen and oxygen atoms in total. The number of amides is 3. The average molecular weight is 446 g/mol. The quantitative estimate of drug-likeness (QED) is 0.607. The molecule has 1 atom stereocenters. The third-order valence-corrected chi connectivity index (χ3v) is 5.93. The highest BCUT2D eigenvalue weighted by molar-refractivity contribution is 6.06. The monoisotopic (exact) mass is 445 g/mol. The number of hydrogen-bond acceptors (Lipinski definition) is 4. The first-order valence-corrected chi connectivity index (χ1v) is 11.1. The Morgan fingerprint density at radius 2 is 1.91 bits per heavy atom. The van der Waals surface area contributed by atoms with Crippen LogP contribution in [-0.2, 0) is 16.1 Å². The van der Waals surface area contributed by atoms with Crippen LogP contribution in [0.4, 0.5) is 4.39 Å². The van der Waals surface area contributed by atoms with E-state index in [-0.39, 0.29) is 12.2 Å². The number of carbonyl (C=O) groups excluding carboxylic acids is 3. The van der Waals surface area contributed by atoms with Crippen LogP contribution >= 0.6 is 0 Å². The van der Waals surface area contributed by atoms with Gasteiger partial charge in [-0.05, 0) is 30.2 Å². The fraction of sp³-hybridized carbons (Fsp3) is 0.565. The van der Waals surface area contributed by atoms with Crippen molar-refractivity contribution >= 4 is 28.6 Å². The van der Waals surface area contributed by atoms with Crippen molar-refractivity contribution in [2.75, 3.05) is 6.54 Å². The highest BCUT2D eigenvalue weighted by atomic mass is 19.1. The van der Waals surface area contributed by atoms with Crippen LogP contribution in [0.2, 0.25) is 0 Å². The molecular weight excluding hydrogens is 413 g/mol. The number of nitrogens with zero attached hydrogens (tertiary/aromatic N) is 2. The molecular formula is C23H32FN5O3. The van der Waals surface area contributed by atoms with Crippen molar-refractivity contribution in [1.82, 2.24) is 20.4 Å². The molecule has 1 fully saturated rings. The van der Waals surface area contributed by atoms with Crippen LogP contribution in [0.1, 0.15) is 63.4 Å². The topological polar surface area (TPSA) is 119 Å². The number of carbonyl (C=O) groups is 3. The van der Waals surface area contributed by atoms with Gasteiger partial charge >= 0.3 is 0 Å². The largest absolute Gasteiger partial charge is 0.368 e. The number of aromatic nitrogens is 2. The lowest BCUT2D eigenvalue weighted by Crippen LogP contribution is -2.54. The number of hydrogen-bond donors (Lipinski definition) is 3. The summed E-state index contributed by atoms with van der Waals surface area (Å²) in [5.41, 5.74) is 4.84. The van der Waals surface area contributed by atoms with Crippen LogP contribution in [0.3, 0.4) is 0 Å². The van der Waals surface area contributed by atoms with Crippen molar-refractivity contribution in [2.45, 2.75) is 65.5 Å². The van der Waals surface area contributed by atoms with Crippen molar-refractivity contribution in [1.29, 1.82) is 0 Å². The standard InChI is InChI=1S/C23H32FN5O3/c1-23(2,3)20(22(32)26-12-17(25)30)27-21(31)18-15-10-7-11-16(24)19(15)29(28-18)13-14-8-5-4-6-9-14/h7,10-11,14,20H,4-6,8-9,12-13H2,1-3H3,(H2,25,30)(H,26,32)(H,27,31)/t20-/m1/s1. The van der Waals surface area contributed by atoms with Gasteiger partial charge in [0.2, 0.25) is 11.8 Å². The molecule has 4 N–H and O–H groups in total. The Kier molecular flexibility index (Phi) is 7.16.